The van der Waals surface area contributed by atoms with Crippen molar-refractivity contribution >= 4 is 5.82 Å². The van der Waals surface area contributed by atoms with E-state index in [4.69, 9.17) is 11.5 Å². The van der Waals surface area contributed by atoms with E-state index in [1.807, 2.05) is 43.3 Å². The molecule has 1 aromatic heterocycles. The molecule has 0 saturated heterocycles. The van der Waals surface area contributed by atoms with Crippen LogP contribution >= 0.6 is 0 Å². The fraction of sp³-hybridized carbons (Fsp3) is 0.154. The Bertz CT molecular complexity index is 480. The summed E-state index contributed by atoms with van der Waals surface area (Å²) in [5.74, 6) is 0.529. The number of hydrogen-bond acceptors (Lipinski definition) is 3. The van der Waals surface area contributed by atoms with Crippen LogP contribution in [0.2, 0.25) is 0 Å². The molecular formula is C13H15N3. The van der Waals surface area contributed by atoms with Gasteiger partial charge in [0.05, 0.1) is 6.04 Å². The van der Waals surface area contributed by atoms with E-state index in [9.17, 15) is 0 Å². The molecule has 4 N–H and O–H groups in total. The predicted molar refractivity (Wildman–Crippen MR) is 65.9 cm³/mol. The van der Waals surface area contributed by atoms with Gasteiger partial charge in [-0.3, -0.25) is 0 Å². The largest absolute Gasteiger partial charge is 0.384 e. The lowest BCUT2D eigenvalue weighted by Crippen LogP contribution is -2.14. The van der Waals surface area contributed by atoms with Gasteiger partial charge in [-0.05, 0) is 24.1 Å². The third-order valence-corrected chi connectivity index (χ3v) is 2.64. The molecule has 3 nitrogen and oxygen atoms in total. The monoisotopic (exact) mass is 213 g/mol. The Hall–Kier alpha value is -1.87. The smallest absolute Gasteiger partial charge is 0.123 e. The van der Waals surface area contributed by atoms with Crippen molar-refractivity contribution in [2.75, 3.05) is 5.73 Å². The highest BCUT2D eigenvalue weighted by Gasteiger charge is 2.11. The topological polar surface area (TPSA) is 64.9 Å². The van der Waals surface area contributed by atoms with Crippen LogP contribution in [0.1, 0.15) is 22.9 Å². The lowest BCUT2D eigenvalue weighted by Gasteiger charge is -2.14. The Labute approximate surface area is 95.1 Å². The third kappa shape index (κ3) is 2.04. The van der Waals surface area contributed by atoms with E-state index in [0.29, 0.717) is 5.82 Å². The zero-order valence-electron chi connectivity index (χ0n) is 9.22. The van der Waals surface area contributed by atoms with Gasteiger partial charge < -0.3 is 11.5 Å². The zero-order valence-corrected chi connectivity index (χ0v) is 9.22. The molecule has 0 amide bonds. The van der Waals surface area contributed by atoms with Gasteiger partial charge >= 0.3 is 0 Å². The first-order valence-electron chi connectivity index (χ1n) is 5.22. The normalized spacial score (nSPS) is 12.4. The molecule has 16 heavy (non-hydrogen) atoms. The van der Waals surface area contributed by atoms with Gasteiger partial charge in [0, 0.05) is 5.69 Å². The quantitative estimate of drug-likeness (QED) is 0.802. The lowest BCUT2D eigenvalue weighted by atomic mass is 9.99. The number of anilines is 1. The maximum Gasteiger partial charge on any atom is 0.123 e. The Morgan fingerprint density at radius 3 is 2.38 bits per heavy atom. The Kier molecular flexibility index (Phi) is 2.88. The van der Waals surface area contributed by atoms with E-state index in [0.717, 1.165) is 16.8 Å². The molecule has 0 fully saturated rings. The number of nitrogen functional groups attached to an aromatic ring is 1. The lowest BCUT2D eigenvalue weighted by molar-refractivity contribution is 0.849. The minimum absolute atomic E-state index is 0.144. The standard InChI is InChI=1S/C13H15N3/c1-9-11(7-8-12(14)16-9)13(15)10-5-3-2-4-6-10/h2-8,13H,15H2,1H3,(H2,14,16). The van der Waals surface area contributed by atoms with Crippen LogP contribution in [0.3, 0.4) is 0 Å². The summed E-state index contributed by atoms with van der Waals surface area (Å²) in [5.41, 5.74) is 14.8. The van der Waals surface area contributed by atoms with E-state index in [1.54, 1.807) is 6.07 Å². The summed E-state index contributed by atoms with van der Waals surface area (Å²) in [7, 11) is 0. The molecule has 1 aromatic carbocycles. The van der Waals surface area contributed by atoms with Crippen LogP contribution in [0.5, 0.6) is 0 Å². The van der Waals surface area contributed by atoms with Crippen molar-refractivity contribution in [2.24, 2.45) is 5.73 Å². The Morgan fingerprint density at radius 2 is 1.75 bits per heavy atom. The number of nitrogens with zero attached hydrogens (tertiary/aromatic N) is 1. The predicted octanol–water partition coefficient (Wildman–Crippen LogP) is 2.02. The van der Waals surface area contributed by atoms with E-state index >= 15 is 0 Å². The second-order valence-electron chi connectivity index (χ2n) is 3.80. The van der Waals surface area contributed by atoms with Crippen molar-refractivity contribution in [3.63, 3.8) is 0 Å². The summed E-state index contributed by atoms with van der Waals surface area (Å²) < 4.78 is 0. The Balaban J connectivity index is 2.38. The number of aryl methyl sites for hydroxylation is 1. The average molecular weight is 213 g/mol. The second-order valence-corrected chi connectivity index (χ2v) is 3.80. The van der Waals surface area contributed by atoms with Crippen molar-refractivity contribution in [1.82, 2.24) is 4.98 Å². The fourth-order valence-electron chi connectivity index (χ4n) is 1.76. The molecule has 0 bridgehead atoms. The molecule has 1 unspecified atom stereocenters. The SMILES string of the molecule is Cc1nc(N)ccc1C(N)c1ccccc1. The minimum Gasteiger partial charge on any atom is -0.384 e. The summed E-state index contributed by atoms with van der Waals surface area (Å²) in [6, 6.07) is 13.5. The molecule has 1 atom stereocenters. The van der Waals surface area contributed by atoms with E-state index in [-0.39, 0.29) is 6.04 Å². The summed E-state index contributed by atoms with van der Waals surface area (Å²) in [6.45, 7) is 1.93. The molecule has 0 aliphatic rings. The van der Waals surface area contributed by atoms with Crippen LogP contribution in [0.25, 0.3) is 0 Å². The number of rotatable bonds is 2. The molecule has 0 saturated carbocycles. The van der Waals surface area contributed by atoms with Crippen molar-refractivity contribution in [3.05, 3.63) is 59.3 Å². The first-order chi connectivity index (χ1) is 7.68. The van der Waals surface area contributed by atoms with Crippen LogP contribution < -0.4 is 11.5 Å². The molecule has 0 radical (unpaired) electrons. The van der Waals surface area contributed by atoms with Crippen LogP contribution in [-0.4, -0.2) is 4.98 Å². The molecule has 82 valence electrons. The van der Waals surface area contributed by atoms with Gasteiger partial charge in [-0.25, -0.2) is 4.98 Å². The minimum atomic E-state index is -0.144. The molecule has 2 aromatic rings. The van der Waals surface area contributed by atoms with Crippen molar-refractivity contribution in [2.45, 2.75) is 13.0 Å². The third-order valence-electron chi connectivity index (χ3n) is 2.64. The molecule has 3 heteroatoms. The van der Waals surface area contributed by atoms with Crippen molar-refractivity contribution < 1.29 is 0 Å². The summed E-state index contributed by atoms with van der Waals surface area (Å²) in [6.07, 6.45) is 0. The zero-order chi connectivity index (χ0) is 11.5. The first-order valence-corrected chi connectivity index (χ1v) is 5.22. The highest BCUT2D eigenvalue weighted by molar-refractivity contribution is 5.39. The maximum atomic E-state index is 6.19. The molecule has 0 aliphatic carbocycles. The van der Waals surface area contributed by atoms with Crippen LogP contribution in [0.15, 0.2) is 42.5 Å². The summed E-state index contributed by atoms with van der Waals surface area (Å²) >= 11 is 0. The van der Waals surface area contributed by atoms with E-state index in [1.165, 1.54) is 0 Å². The van der Waals surface area contributed by atoms with E-state index in [2.05, 4.69) is 4.98 Å². The molecule has 2 rings (SSSR count). The van der Waals surface area contributed by atoms with Gasteiger partial charge in [0.1, 0.15) is 5.82 Å². The van der Waals surface area contributed by atoms with E-state index < -0.39 is 0 Å². The fourth-order valence-corrected chi connectivity index (χ4v) is 1.76. The number of hydrogen-bond donors (Lipinski definition) is 2. The first kappa shape index (κ1) is 10.6. The molecule has 0 spiro atoms. The van der Waals surface area contributed by atoms with Crippen LogP contribution in [0, 0.1) is 6.92 Å². The van der Waals surface area contributed by atoms with Crippen LogP contribution in [0.4, 0.5) is 5.82 Å². The average Bonchev–Trinajstić information content (AvgIpc) is 2.29. The molecule has 1 heterocycles. The maximum absolute atomic E-state index is 6.19. The highest BCUT2D eigenvalue weighted by atomic mass is 14.8. The number of aromatic nitrogens is 1. The van der Waals surface area contributed by atoms with Crippen molar-refractivity contribution in [1.29, 1.82) is 0 Å². The van der Waals surface area contributed by atoms with Gasteiger partial charge in [-0.1, -0.05) is 36.4 Å². The van der Waals surface area contributed by atoms with Crippen LogP contribution in [-0.2, 0) is 0 Å². The number of benzene rings is 1. The molecular weight excluding hydrogens is 198 g/mol. The number of nitrogens with two attached hydrogens (primary N) is 2. The molecule has 0 aliphatic heterocycles. The van der Waals surface area contributed by atoms with Gasteiger partial charge in [-0.2, -0.15) is 0 Å². The summed E-state index contributed by atoms with van der Waals surface area (Å²) in [4.78, 5) is 4.22. The highest BCUT2D eigenvalue weighted by Crippen LogP contribution is 2.21. The van der Waals surface area contributed by atoms with Gasteiger partial charge in [0.15, 0.2) is 0 Å². The van der Waals surface area contributed by atoms with Gasteiger partial charge in [0.25, 0.3) is 0 Å². The summed E-state index contributed by atoms with van der Waals surface area (Å²) in [5, 5.41) is 0. The van der Waals surface area contributed by atoms with Crippen molar-refractivity contribution in [3.8, 4) is 0 Å². The Morgan fingerprint density at radius 1 is 1.06 bits per heavy atom. The van der Waals surface area contributed by atoms with Gasteiger partial charge in [-0.15, -0.1) is 0 Å². The second kappa shape index (κ2) is 4.33. The van der Waals surface area contributed by atoms with Gasteiger partial charge in [0.2, 0.25) is 0 Å². The number of pyridine rings is 1.